The number of nitrogens with zero attached hydrogens (tertiary/aromatic N) is 3. The molecular formula is C23H26F2N6OS. The molecule has 33 heavy (non-hydrogen) atoms. The molecule has 2 saturated heterocycles. The van der Waals surface area contributed by atoms with Crippen molar-refractivity contribution < 1.29 is 13.6 Å². The quantitative estimate of drug-likeness (QED) is 0.527. The van der Waals surface area contributed by atoms with Crippen LogP contribution in [0.4, 0.5) is 20.2 Å². The number of hydrogen-bond donors (Lipinski definition) is 3. The average molecular weight is 473 g/mol. The third kappa shape index (κ3) is 4.13. The molecule has 1 aromatic carbocycles. The van der Waals surface area contributed by atoms with E-state index in [-0.39, 0.29) is 23.7 Å². The second kappa shape index (κ2) is 8.49. The summed E-state index contributed by atoms with van der Waals surface area (Å²) in [5, 5.41) is 6.28. The third-order valence-electron chi connectivity index (χ3n) is 6.49. The van der Waals surface area contributed by atoms with Crippen molar-refractivity contribution in [1.29, 1.82) is 0 Å². The Labute approximate surface area is 194 Å². The number of thiophene rings is 1. The number of nitrogen functional groups attached to an aromatic ring is 1. The lowest BCUT2D eigenvalue weighted by Crippen LogP contribution is -2.51. The lowest BCUT2D eigenvalue weighted by atomic mass is 9.99. The Morgan fingerprint density at radius 1 is 1.30 bits per heavy atom. The van der Waals surface area contributed by atoms with Crippen LogP contribution >= 0.6 is 11.3 Å². The van der Waals surface area contributed by atoms with Crippen molar-refractivity contribution in [1.82, 2.24) is 20.6 Å². The van der Waals surface area contributed by atoms with Crippen molar-refractivity contribution in [2.75, 3.05) is 30.3 Å². The monoisotopic (exact) mass is 472 g/mol. The van der Waals surface area contributed by atoms with Crippen LogP contribution in [-0.4, -0.2) is 47.6 Å². The fourth-order valence-corrected chi connectivity index (χ4v) is 5.75. The van der Waals surface area contributed by atoms with Gasteiger partial charge in [-0.15, -0.1) is 11.3 Å². The highest BCUT2D eigenvalue weighted by molar-refractivity contribution is 7.21. The van der Waals surface area contributed by atoms with Crippen molar-refractivity contribution in [3.05, 3.63) is 46.1 Å². The Kier molecular flexibility index (Phi) is 5.65. The molecule has 2 fully saturated rings. The van der Waals surface area contributed by atoms with Gasteiger partial charge in [-0.05, 0) is 31.4 Å². The predicted octanol–water partition coefficient (Wildman–Crippen LogP) is 3.33. The maximum absolute atomic E-state index is 15.0. The summed E-state index contributed by atoms with van der Waals surface area (Å²) in [7, 11) is 0. The lowest BCUT2D eigenvalue weighted by molar-refractivity contribution is 0.0956. The molecule has 5 rings (SSSR count). The van der Waals surface area contributed by atoms with E-state index < -0.39 is 17.6 Å². The minimum absolute atomic E-state index is 0.139. The topological polar surface area (TPSA) is 96.2 Å². The highest BCUT2D eigenvalue weighted by Crippen LogP contribution is 2.32. The Morgan fingerprint density at radius 2 is 2.03 bits per heavy atom. The summed E-state index contributed by atoms with van der Waals surface area (Å²) in [6, 6.07) is 3.21. The van der Waals surface area contributed by atoms with E-state index in [4.69, 9.17) is 5.73 Å². The number of benzene rings is 1. The van der Waals surface area contributed by atoms with Crippen molar-refractivity contribution in [3.8, 4) is 0 Å². The molecule has 0 saturated carbocycles. The van der Waals surface area contributed by atoms with Crippen LogP contribution in [-0.2, 0) is 0 Å². The Hall–Kier alpha value is -2.85. The summed E-state index contributed by atoms with van der Waals surface area (Å²) in [6.07, 6.45) is 3.73. The van der Waals surface area contributed by atoms with E-state index in [1.807, 2.05) is 11.8 Å². The zero-order valence-electron chi connectivity index (χ0n) is 18.5. The van der Waals surface area contributed by atoms with E-state index in [1.165, 1.54) is 23.5 Å². The summed E-state index contributed by atoms with van der Waals surface area (Å²) >= 11 is 1.17. The van der Waals surface area contributed by atoms with Crippen molar-refractivity contribution in [2.45, 2.75) is 44.7 Å². The molecule has 2 aromatic heterocycles. The molecular weight excluding hydrogens is 446 g/mol. The molecule has 0 radical (unpaired) electrons. The maximum Gasteiger partial charge on any atom is 0.263 e. The van der Waals surface area contributed by atoms with Gasteiger partial charge in [0.05, 0.1) is 17.1 Å². The molecule has 2 aliphatic heterocycles. The summed E-state index contributed by atoms with van der Waals surface area (Å²) < 4.78 is 30.0. The predicted molar refractivity (Wildman–Crippen MR) is 126 cm³/mol. The Bertz CT molecular complexity index is 1220. The average Bonchev–Trinajstić information content (AvgIpc) is 3.30. The summed E-state index contributed by atoms with van der Waals surface area (Å²) in [5.41, 5.74) is 8.14. The van der Waals surface area contributed by atoms with Crippen molar-refractivity contribution >= 4 is 39.0 Å². The number of nitrogens with one attached hydrogen (secondary N) is 2. The van der Waals surface area contributed by atoms with E-state index >= 15 is 0 Å². The van der Waals surface area contributed by atoms with E-state index in [9.17, 15) is 13.6 Å². The number of piperazine rings is 1. The molecule has 3 atom stereocenters. The molecule has 2 unspecified atom stereocenters. The standard InChI is InChI=1S/C23H26F2N6OS/c1-11(7-28-22(32)21-19(26)20-23(33-21)29-12(2)8-27-20)15-5-17(25)18(6-16(15)24)31-9-13-3-4-14(10-31)30-13/h5-6,8,11,13-14,30H,3-4,7,9-10,26H2,1-2H3,(H,28,32)/t11-,13?,14?/m1/s1. The number of anilines is 2. The van der Waals surface area contributed by atoms with Gasteiger partial charge in [-0.2, -0.15) is 0 Å². The first-order valence-electron chi connectivity index (χ1n) is 11.1. The lowest BCUT2D eigenvalue weighted by Gasteiger charge is -2.35. The number of rotatable bonds is 5. The fraction of sp³-hybridized carbons (Fsp3) is 0.435. The van der Waals surface area contributed by atoms with Crippen LogP contribution in [0.2, 0.25) is 0 Å². The molecule has 2 bridgehead atoms. The maximum atomic E-state index is 15.0. The van der Waals surface area contributed by atoms with Gasteiger partial charge < -0.3 is 21.3 Å². The molecule has 1 amide bonds. The van der Waals surface area contributed by atoms with Crippen LogP contribution in [0.15, 0.2) is 18.3 Å². The number of carbonyl (C=O) groups excluding carboxylic acids is 1. The second-order valence-electron chi connectivity index (χ2n) is 8.99. The van der Waals surface area contributed by atoms with Crippen molar-refractivity contribution in [2.24, 2.45) is 0 Å². The second-order valence-corrected chi connectivity index (χ2v) is 9.99. The van der Waals surface area contributed by atoms with Gasteiger partial charge in [-0.1, -0.05) is 6.92 Å². The van der Waals surface area contributed by atoms with Gasteiger partial charge in [0.25, 0.3) is 5.91 Å². The molecule has 4 heterocycles. The Morgan fingerprint density at radius 3 is 2.76 bits per heavy atom. The number of halogens is 2. The largest absolute Gasteiger partial charge is 0.396 e. The molecule has 10 heteroatoms. The van der Waals surface area contributed by atoms with Gasteiger partial charge in [0.2, 0.25) is 0 Å². The zero-order valence-corrected chi connectivity index (χ0v) is 19.3. The number of nitrogens with two attached hydrogens (primary N) is 1. The SMILES string of the molecule is Cc1cnc2c(N)c(C(=O)NC[C@@H](C)c3cc(F)c(N4CC5CCC(C4)N5)cc3F)sc2n1. The number of hydrogen-bond acceptors (Lipinski definition) is 7. The van der Waals surface area contributed by atoms with Gasteiger partial charge in [0.1, 0.15) is 26.9 Å². The smallest absolute Gasteiger partial charge is 0.263 e. The first kappa shape index (κ1) is 22.0. The minimum atomic E-state index is -0.468. The molecule has 4 N–H and O–H groups in total. The number of carbonyl (C=O) groups is 1. The molecule has 7 nitrogen and oxygen atoms in total. The summed E-state index contributed by atoms with van der Waals surface area (Å²) in [4.78, 5) is 24.2. The van der Waals surface area contributed by atoms with Gasteiger partial charge >= 0.3 is 0 Å². The highest BCUT2D eigenvalue weighted by atomic mass is 32.1. The van der Waals surface area contributed by atoms with Crippen LogP contribution in [0.5, 0.6) is 0 Å². The van der Waals surface area contributed by atoms with Crippen LogP contribution in [0.1, 0.15) is 46.6 Å². The fourth-order valence-electron chi connectivity index (χ4n) is 4.74. The van der Waals surface area contributed by atoms with Crippen LogP contribution in [0, 0.1) is 18.6 Å². The first-order valence-corrected chi connectivity index (χ1v) is 11.9. The molecule has 0 spiro atoms. The van der Waals surface area contributed by atoms with E-state index in [0.717, 1.165) is 18.5 Å². The Balaban J connectivity index is 1.29. The number of amides is 1. The van der Waals surface area contributed by atoms with Crippen LogP contribution < -0.4 is 21.3 Å². The number of fused-ring (bicyclic) bond motifs is 3. The van der Waals surface area contributed by atoms with E-state index in [2.05, 4.69) is 20.6 Å². The van der Waals surface area contributed by atoms with Crippen molar-refractivity contribution in [3.63, 3.8) is 0 Å². The first-order chi connectivity index (χ1) is 15.8. The van der Waals surface area contributed by atoms with Crippen LogP contribution in [0.25, 0.3) is 10.3 Å². The summed E-state index contributed by atoms with van der Waals surface area (Å²) in [6.45, 7) is 5.06. The van der Waals surface area contributed by atoms with E-state index in [0.29, 0.717) is 46.1 Å². The zero-order chi connectivity index (χ0) is 23.3. The molecule has 0 aliphatic carbocycles. The third-order valence-corrected chi connectivity index (χ3v) is 7.58. The number of aryl methyl sites for hydroxylation is 1. The molecule has 3 aromatic rings. The van der Waals surface area contributed by atoms with Gasteiger partial charge in [0.15, 0.2) is 0 Å². The normalized spacial score (nSPS) is 20.9. The van der Waals surface area contributed by atoms with Gasteiger partial charge in [0, 0.05) is 49.9 Å². The van der Waals surface area contributed by atoms with E-state index in [1.54, 1.807) is 13.1 Å². The molecule has 174 valence electrons. The summed E-state index contributed by atoms with van der Waals surface area (Å²) in [5.74, 6) is -1.71. The van der Waals surface area contributed by atoms with Crippen LogP contribution in [0.3, 0.4) is 0 Å². The van der Waals surface area contributed by atoms with Gasteiger partial charge in [-0.25, -0.2) is 18.7 Å². The molecule has 2 aliphatic rings. The minimum Gasteiger partial charge on any atom is -0.396 e. The highest BCUT2D eigenvalue weighted by Gasteiger charge is 2.33. The van der Waals surface area contributed by atoms with Gasteiger partial charge in [-0.3, -0.25) is 4.79 Å². The number of aromatic nitrogens is 2.